The molecule has 0 spiro atoms. The first-order valence-electron chi connectivity index (χ1n) is 3.83. The summed E-state index contributed by atoms with van der Waals surface area (Å²) in [6.45, 7) is 17.4. The fourth-order valence-electron chi connectivity index (χ4n) is 0.584. The van der Waals surface area contributed by atoms with Crippen LogP contribution in [0.15, 0.2) is 61.8 Å². The van der Waals surface area contributed by atoms with Gasteiger partial charge in [-0.15, -0.1) is 13.2 Å². The Morgan fingerprint density at radius 2 is 1.75 bits per heavy atom. The predicted octanol–water partition coefficient (Wildman–Crippen LogP) is 4.05. The predicted molar refractivity (Wildman–Crippen MR) is 59.2 cm³/mol. The second kappa shape index (κ2) is 9.70. The minimum atomic E-state index is 1.05. The normalized spacial score (nSPS) is 10.3. The van der Waals surface area contributed by atoms with Gasteiger partial charge in [0.1, 0.15) is 0 Å². The summed E-state index contributed by atoms with van der Waals surface area (Å²) in [7, 11) is 0. The van der Waals surface area contributed by atoms with E-state index in [4.69, 9.17) is 0 Å². The summed E-state index contributed by atoms with van der Waals surface area (Å²) in [4.78, 5) is 0. The van der Waals surface area contributed by atoms with Gasteiger partial charge in [0.05, 0.1) is 0 Å². The molecule has 0 N–H and O–H groups in total. The molecular formula is C12H18. The Bertz CT molecular complexity index is 192. The lowest BCUT2D eigenvalue weighted by Crippen LogP contribution is -1.75. The minimum Gasteiger partial charge on any atom is -0.106 e. The van der Waals surface area contributed by atoms with Gasteiger partial charge in [-0.05, 0) is 19.4 Å². The maximum atomic E-state index is 3.81. The molecule has 0 radical (unpaired) electrons. The van der Waals surface area contributed by atoms with Crippen LogP contribution in [0.5, 0.6) is 0 Å². The Labute approximate surface area is 76.3 Å². The Hall–Kier alpha value is -1.30. The van der Waals surface area contributed by atoms with Crippen LogP contribution in [0.1, 0.15) is 13.8 Å². The second-order valence-electron chi connectivity index (χ2n) is 2.13. The van der Waals surface area contributed by atoms with Crippen molar-refractivity contribution in [2.75, 3.05) is 0 Å². The third-order valence-electron chi connectivity index (χ3n) is 1.18. The molecule has 0 aliphatic carbocycles. The van der Waals surface area contributed by atoms with Crippen LogP contribution in [0.2, 0.25) is 0 Å². The number of hydrogen-bond donors (Lipinski definition) is 0. The van der Waals surface area contributed by atoms with E-state index in [9.17, 15) is 0 Å². The molecule has 0 atom stereocenters. The van der Waals surface area contributed by atoms with Crippen LogP contribution in [0.25, 0.3) is 0 Å². The molecule has 0 unspecified atom stereocenters. The molecular weight excluding hydrogens is 144 g/mol. The molecule has 0 nitrogen and oxygen atoms in total. The summed E-state index contributed by atoms with van der Waals surface area (Å²) in [6, 6.07) is 0. The van der Waals surface area contributed by atoms with Gasteiger partial charge in [-0.25, -0.2) is 0 Å². The topological polar surface area (TPSA) is 0 Å². The van der Waals surface area contributed by atoms with Crippen molar-refractivity contribution in [3.8, 4) is 0 Å². The molecule has 0 heterocycles. The summed E-state index contributed by atoms with van der Waals surface area (Å²) >= 11 is 0. The van der Waals surface area contributed by atoms with Gasteiger partial charge in [-0.1, -0.05) is 43.0 Å². The molecule has 0 aromatic heterocycles. The van der Waals surface area contributed by atoms with Crippen LogP contribution in [-0.2, 0) is 0 Å². The number of rotatable bonds is 3. The smallest absolute Gasteiger partial charge is 0.0239 e. The van der Waals surface area contributed by atoms with Crippen molar-refractivity contribution in [1.82, 2.24) is 0 Å². The molecule has 0 aromatic rings. The van der Waals surface area contributed by atoms with Crippen molar-refractivity contribution >= 4 is 0 Å². The summed E-state index contributed by atoms with van der Waals surface area (Å²) in [5.41, 5.74) is 2.14. The maximum Gasteiger partial charge on any atom is -0.0239 e. The van der Waals surface area contributed by atoms with E-state index in [0.717, 1.165) is 11.1 Å². The SMILES string of the molecule is C=C.C=C/C(=C/C=C\C)C(=C)C. The van der Waals surface area contributed by atoms with E-state index in [2.05, 4.69) is 26.3 Å². The quantitative estimate of drug-likeness (QED) is 0.434. The lowest BCUT2D eigenvalue weighted by atomic mass is 10.1. The summed E-state index contributed by atoms with van der Waals surface area (Å²) in [5, 5.41) is 0. The molecule has 0 heteroatoms. The van der Waals surface area contributed by atoms with Crippen LogP contribution in [-0.4, -0.2) is 0 Å². The fraction of sp³-hybridized carbons (Fsp3) is 0.167. The zero-order chi connectivity index (χ0) is 9.98. The third-order valence-corrected chi connectivity index (χ3v) is 1.18. The van der Waals surface area contributed by atoms with E-state index in [-0.39, 0.29) is 0 Å². The number of allylic oxidation sites excluding steroid dienone is 6. The largest absolute Gasteiger partial charge is 0.106 e. The highest BCUT2D eigenvalue weighted by atomic mass is 13.9. The molecule has 0 fully saturated rings. The highest BCUT2D eigenvalue weighted by molar-refractivity contribution is 5.37. The van der Waals surface area contributed by atoms with Gasteiger partial charge < -0.3 is 0 Å². The molecule has 0 saturated heterocycles. The van der Waals surface area contributed by atoms with E-state index in [1.165, 1.54) is 0 Å². The van der Waals surface area contributed by atoms with Crippen molar-refractivity contribution in [2.24, 2.45) is 0 Å². The fourth-order valence-corrected chi connectivity index (χ4v) is 0.584. The summed E-state index contributed by atoms with van der Waals surface area (Å²) in [6.07, 6.45) is 7.76. The van der Waals surface area contributed by atoms with Crippen molar-refractivity contribution < 1.29 is 0 Å². The van der Waals surface area contributed by atoms with Gasteiger partial charge in [0, 0.05) is 0 Å². The van der Waals surface area contributed by atoms with Gasteiger partial charge in [-0.3, -0.25) is 0 Å². The zero-order valence-corrected chi connectivity index (χ0v) is 8.14. The first-order chi connectivity index (χ1) is 5.72. The van der Waals surface area contributed by atoms with E-state index >= 15 is 0 Å². The van der Waals surface area contributed by atoms with Crippen molar-refractivity contribution in [3.05, 3.63) is 61.8 Å². The summed E-state index contributed by atoms with van der Waals surface area (Å²) in [5.74, 6) is 0. The van der Waals surface area contributed by atoms with Gasteiger partial charge in [0.2, 0.25) is 0 Å². The second-order valence-corrected chi connectivity index (χ2v) is 2.13. The molecule has 0 aliphatic rings. The average molecular weight is 162 g/mol. The first-order valence-corrected chi connectivity index (χ1v) is 3.83. The van der Waals surface area contributed by atoms with E-state index < -0.39 is 0 Å². The van der Waals surface area contributed by atoms with Crippen molar-refractivity contribution in [1.29, 1.82) is 0 Å². The molecule has 66 valence electrons. The monoisotopic (exact) mass is 162 g/mol. The standard InChI is InChI=1S/C10H14.C2H4/c1-5-7-8-10(6-2)9(3)4;1-2/h5-8H,2-3H2,1,4H3;1-2H2/b7-5-,10-8-;. The Morgan fingerprint density at radius 1 is 1.25 bits per heavy atom. The van der Waals surface area contributed by atoms with Gasteiger partial charge in [0.25, 0.3) is 0 Å². The van der Waals surface area contributed by atoms with Gasteiger partial charge in [0.15, 0.2) is 0 Å². The number of hydrogen-bond acceptors (Lipinski definition) is 0. The highest BCUT2D eigenvalue weighted by Gasteiger charge is 1.86. The molecule has 0 saturated carbocycles. The van der Waals surface area contributed by atoms with Gasteiger partial charge >= 0.3 is 0 Å². The first kappa shape index (κ1) is 13.3. The Balaban J connectivity index is 0. The van der Waals surface area contributed by atoms with Crippen molar-refractivity contribution in [3.63, 3.8) is 0 Å². The van der Waals surface area contributed by atoms with Gasteiger partial charge in [-0.2, -0.15) is 0 Å². The molecule has 0 rings (SSSR count). The molecule has 0 aromatic carbocycles. The highest BCUT2D eigenvalue weighted by Crippen LogP contribution is 2.06. The molecule has 0 aliphatic heterocycles. The Kier molecular flexibility index (Phi) is 10.8. The molecule has 0 bridgehead atoms. The zero-order valence-electron chi connectivity index (χ0n) is 8.14. The lowest BCUT2D eigenvalue weighted by Gasteiger charge is -1.95. The average Bonchev–Trinajstić information content (AvgIpc) is 2.09. The van der Waals surface area contributed by atoms with Crippen LogP contribution < -0.4 is 0 Å². The molecule has 12 heavy (non-hydrogen) atoms. The molecule has 0 amide bonds. The summed E-state index contributed by atoms with van der Waals surface area (Å²) < 4.78 is 0. The van der Waals surface area contributed by atoms with E-state index in [0.29, 0.717) is 0 Å². The van der Waals surface area contributed by atoms with E-state index in [1.54, 1.807) is 0 Å². The van der Waals surface area contributed by atoms with Crippen LogP contribution in [0.3, 0.4) is 0 Å². The Morgan fingerprint density at radius 3 is 2.00 bits per heavy atom. The lowest BCUT2D eigenvalue weighted by molar-refractivity contribution is 1.46. The third kappa shape index (κ3) is 6.81. The van der Waals surface area contributed by atoms with E-state index in [1.807, 2.05) is 38.2 Å². The van der Waals surface area contributed by atoms with Crippen LogP contribution >= 0.6 is 0 Å². The van der Waals surface area contributed by atoms with Crippen LogP contribution in [0, 0.1) is 0 Å². The maximum absolute atomic E-state index is 3.81. The minimum absolute atomic E-state index is 1.05. The van der Waals surface area contributed by atoms with Crippen LogP contribution in [0.4, 0.5) is 0 Å². The van der Waals surface area contributed by atoms with Crippen molar-refractivity contribution in [2.45, 2.75) is 13.8 Å².